The molecule has 4 N–H and O–H groups in total. The molecule has 0 bridgehead atoms. The molecule has 1 unspecified atom stereocenters. The Balaban J connectivity index is 2.29. The molecule has 138 valence electrons. The highest BCUT2D eigenvalue weighted by Crippen LogP contribution is 2.39. The van der Waals surface area contributed by atoms with Gasteiger partial charge in [0, 0.05) is 30.0 Å². The largest absolute Gasteiger partial charge is 0.496 e. The van der Waals surface area contributed by atoms with Crippen LogP contribution in [0.5, 0.6) is 5.75 Å². The number of ketones is 1. The average Bonchev–Trinajstić information content (AvgIpc) is 2.58. The molecule has 0 radical (unpaired) electrons. The van der Waals surface area contributed by atoms with Gasteiger partial charge in [0.05, 0.1) is 17.8 Å². The summed E-state index contributed by atoms with van der Waals surface area (Å²) in [7, 11) is 1.59. The van der Waals surface area contributed by atoms with Crippen LogP contribution in [0.3, 0.4) is 0 Å². The Bertz CT molecular complexity index is 643. The Kier molecular flexibility index (Phi) is 6.67. The fourth-order valence-electron chi connectivity index (χ4n) is 3.39. The first kappa shape index (κ1) is 19.5. The van der Waals surface area contributed by atoms with E-state index in [0.717, 1.165) is 31.5 Å². The summed E-state index contributed by atoms with van der Waals surface area (Å²) in [5.41, 5.74) is 12.7. The van der Waals surface area contributed by atoms with Crippen LogP contribution >= 0.6 is 11.6 Å². The van der Waals surface area contributed by atoms with Crippen molar-refractivity contribution in [3.63, 3.8) is 0 Å². The number of nitrogen functional groups attached to an aromatic ring is 1. The van der Waals surface area contributed by atoms with Crippen molar-refractivity contribution in [3.8, 4) is 5.75 Å². The summed E-state index contributed by atoms with van der Waals surface area (Å²) >= 11 is 6.23. The minimum Gasteiger partial charge on any atom is -0.496 e. The normalized spacial score (nSPS) is 17.2. The third kappa shape index (κ3) is 4.86. The number of rotatable bonds is 7. The number of benzene rings is 1. The number of nitrogens with zero attached hydrogens (tertiary/aromatic N) is 1. The zero-order chi connectivity index (χ0) is 18.6. The molecule has 1 saturated heterocycles. The maximum atomic E-state index is 11.5. The molecule has 0 aromatic heterocycles. The molecular weight excluding hydrogens is 342 g/mol. The van der Waals surface area contributed by atoms with E-state index in [1.165, 1.54) is 0 Å². The summed E-state index contributed by atoms with van der Waals surface area (Å²) in [4.78, 5) is 25.2. The van der Waals surface area contributed by atoms with Gasteiger partial charge in [-0.3, -0.25) is 9.69 Å². The maximum absolute atomic E-state index is 11.5. The predicted octanol–water partition coefficient (Wildman–Crippen LogP) is 2.54. The molecule has 1 aliphatic rings. The smallest absolute Gasteiger partial charge is 0.220 e. The molecule has 0 spiro atoms. The van der Waals surface area contributed by atoms with Crippen molar-refractivity contribution in [2.45, 2.75) is 38.6 Å². The third-order valence-electron chi connectivity index (χ3n) is 4.85. The van der Waals surface area contributed by atoms with Crippen LogP contribution in [-0.4, -0.2) is 36.8 Å². The molecule has 6 nitrogen and oxygen atoms in total. The maximum Gasteiger partial charge on any atom is 0.220 e. The highest BCUT2D eigenvalue weighted by molar-refractivity contribution is 6.33. The van der Waals surface area contributed by atoms with E-state index in [2.05, 4.69) is 4.90 Å². The average molecular weight is 368 g/mol. The number of hydrogen-bond acceptors (Lipinski definition) is 5. The molecule has 1 amide bonds. The Morgan fingerprint density at radius 1 is 1.36 bits per heavy atom. The van der Waals surface area contributed by atoms with Crippen LogP contribution in [0, 0.1) is 5.92 Å². The molecule has 25 heavy (non-hydrogen) atoms. The number of primary amides is 1. The van der Waals surface area contributed by atoms with Crippen LogP contribution in [0.1, 0.15) is 44.2 Å². The molecule has 1 aromatic carbocycles. The van der Waals surface area contributed by atoms with Gasteiger partial charge in [-0.15, -0.1) is 0 Å². The van der Waals surface area contributed by atoms with Crippen LogP contribution in [0.25, 0.3) is 0 Å². The third-order valence-corrected chi connectivity index (χ3v) is 5.18. The summed E-state index contributed by atoms with van der Waals surface area (Å²) in [6.45, 7) is 3.06. The van der Waals surface area contributed by atoms with Gasteiger partial charge in [0.1, 0.15) is 11.5 Å². The van der Waals surface area contributed by atoms with Gasteiger partial charge < -0.3 is 21.0 Å². The standard InChI is InChI=1S/C18H26ClN3O3/c1-11(23)3-4-16(22-7-5-12(6-8-22)18(21)24)13-9-14(19)15(20)10-17(13)25-2/h9-10,12,16H,3-8,20H2,1-2H3,(H2,21,24). The second-order valence-electron chi connectivity index (χ2n) is 6.58. The van der Waals surface area contributed by atoms with Crippen molar-refractivity contribution in [3.05, 3.63) is 22.7 Å². The lowest BCUT2D eigenvalue weighted by Crippen LogP contribution is -2.40. The number of ether oxygens (including phenoxy) is 1. The lowest BCUT2D eigenvalue weighted by molar-refractivity contribution is -0.123. The monoisotopic (exact) mass is 367 g/mol. The van der Waals surface area contributed by atoms with E-state index >= 15 is 0 Å². The predicted molar refractivity (Wildman–Crippen MR) is 98.6 cm³/mol. The fraction of sp³-hybridized carbons (Fsp3) is 0.556. The second kappa shape index (κ2) is 8.54. The first-order chi connectivity index (χ1) is 11.8. The number of hydrogen-bond donors (Lipinski definition) is 2. The summed E-state index contributed by atoms with van der Waals surface area (Å²) in [6.07, 6.45) is 2.56. The van der Waals surface area contributed by atoms with Crippen LogP contribution in [0.4, 0.5) is 5.69 Å². The summed E-state index contributed by atoms with van der Waals surface area (Å²) < 4.78 is 5.49. The summed E-state index contributed by atoms with van der Waals surface area (Å²) in [5, 5.41) is 0.468. The first-order valence-electron chi connectivity index (χ1n) is 8.49. The lowest BCUT2D eigenvalue weighted by atomic mass is 9.91. The zero-order valence-electron chi connectivity index (χ0n) is 14.8. The number of carbonyl (C=O) groups is 2. The number of likely N-dealkylation sites (tertiary alicyclic amines) is 1. The quantitative estimate of drug-likeness (QED) is 0.721. The molecule has 0 saturated carbocycles. The number of anilines is 1. The Hall–Kier alpha value is -1.79. The highest BCUT2D eigenvalue weighted by atomic mass is 35.5. The van der Waals surface area contributed by atoms with Crippen molar-refractivity contribution >= 4 is 29.0 Å². The SMILES string of the molecule is COc1cc(N)c(Cl)cc1C(CCC(C)=O)N1CCC(C(N)=O)CC1. The van der Waals surface area contributed by atoms with Crippen molar-refractivity contribution in [1.82, 2.24) is 4.90 Å². The number of carbonyl (C=O) groups excluding carboxylic acids is 2. The van der Waals surface area contributed by atoms with Gasteiger partial charge in [-0.25, -0.2) is 0 Å². The highest BCUT2D eigenvalue weighted by Gasteiger charge is 2.30. The molecule has 1 heterocycles. The molecule has 1 atom stereocenters. The topological polar surface area (TPSA) is 98.7 Å². The lowest BCUT2D eigenvalue weighted by Gasteiger charge is -2.37. The molecule has 1 aliphatic heterocycles. The fourth-order valence-corrected chi connectivity index (χ4v) is 3.56. The number of methoxy groups -OCH3 is 1. The van der Waals surface area contributed by atoms with Crippen LogP contribution in [0.2, 0.25) is 5.02 Å². The molecular formula is C18H26ClN3O3. The number of amides is 1. The first-order valence-corrected chi connectivity index (χ1v) is 8.87. The van der Waals surface area contributed by atoms with E-state index in [0.29, 0.717) is 29.3 Å². The zero-order valence-corrected chi connectivity index (χ0v) is 15.5. The Morgan fingerprint density at radius 2 is 2.00 bits per heavy atom. The van der Waals surface area contributed by atoms with Gasteiger partial charge in [-0.2, -0.15) is 0 Å². The van der Waals surface area contributed by atoms with E-state index in [-0.39, 0.29) is 23.7 Å². The van der Waals surface area contributed by atoms with E-state index in [9.17, 15) is 9.59 Å². The van der Waals surface area contributed by atoms with Crippen molar-refractivity contribution in [2.75, 3.05) is 25.9 Å². The van der Waals surface area contributed by atoms with Gasteiger partial charge in [-0.1, -0.05) is 11.6 Å². The molecule has 7 heteroatoms. The van der Waals surface area contributed by atoms with Gasteiger partial charge in [0.15, 0.2) is 0 Å². The minimum atomic E-state index is -0.243. The van der Waals surface area contributed by atoms with Crippen LogP contribution in [0.15, 0.2) is 12.1 Å². The Morgan fingerprint density at radius 3 is 2.52 bits per heavy atom. The van der Waals surface area contributed by atoms with Gasteiger partial charge in [-0.05, 0) is 45.3 Å². The van der Waals surface area contributed by atoms with Crippen molar-refractivity contribution in [2.24, 2.45) is 11.7 Å². The molecule has 1 fully saturated rings. The number of piperidine rings is 1. The van der Waals surface area contributed by atoms with E-state index in [1.807, 2.05) is 6.07 Å². The van der Waals surface area contributed by atoms with Gasteiger partial charge in [0.25, 0.3) is 0 Å². The Labute approximate surface area is 153 Å². The van der Waals surface area contributed by atoms with E-state index in [4.69, 9.17) is 27.8 Å². The van der Waals surface area contributed by atoms with Crippen molar-refractivity contribution in [1.29, 1.82) is 0 Å². The minimum absolute atomic E-state index is 0.0224. The number of halogens is 1. The van der Waals surface area contributed by atoms with E-state index in [1.54, 1.807) is 20.1 Å². The van der Waals surface area contributed by atoms with Gasteiger partial charge >= 0.3 is 0 Å². The molecule has 0 aliphatic carbocycles. The van der Waals surface area contributed by atoms with E-state index < -0.39 is 0 Å². The summed E-state index contributed by atoms with van der Waals surface area (Å²) in [5.74, 6) is 0.472. The second-order valence-corrected chi connectivity index (χ2v) is 6.99. The van der Waals surface area contributed by atoms with Gasteiger partial charge in [0.2, 0.25) is 5.91 Å². The van der Waals surface area contributed by atoms with Crippen LogP contribution < -0.4 is 16.2 Å². The number of nitrogens with two attached hydrogens (primary N) is 2. The van der Waals surface area contributed by atoms with Crippen molar-refractivity contribution < 1.29 is 14.3 Å². The van der Waals surface area contributed by atoms with Crippen LogP contribution in [-0.2, 0) is 9.59 Å². The molecule has 1 aromatic rings. The molecule has 2 rings (SSSR count). The summed E-state index contributed by atoms with van der Waals surface area (Å²) in [6, 6.07) is 3.51. The number of Topliss-reactive ketones (excluding diaryl/α,β-unsaturated/α-hetero) is 1.